The molecule has 4 aromatic rings. The van der Waals surface area contributed by atoms with Gasteiger partial charge >= 0.3 is 0 Å². The van der Waals surface area contributed by atoms with Crippen molar-refractivity contribution >= 4 is 28.8 Å². The Morgan fingerprint density at radius 1 is 1.07 bits per heavy atom. The van der Waals surface area contributed by atoms with Crippen LogP contribution in [0.3, 0.4) is 0 Å². The standard InChI is InChI=1S/C21H16ClN3O2/c22-15-6-5-7-16(12-15)27-14-21(26)24-18-9-2-1-8-17(18)19-13-25-11-4-3-10-20(25)23-19/h1-13H,14H2,(H,24,26). The van der Waals surface area contributed by atoms with Crippen LogP contribution in [0.1, 0.15) is 0 Å². The molecule has 0 atom stereocenters. The van der Waals surface area contributed by atoms with E-state index in [2.05, 4.69) is 10.3 Å². The average molecular weight is 378 g/mol. The summed E-state index contributed by atoms with van der Waals surface area (Å²) in [6.45, 7) is -0.111. The minimum absolute atomic E-state index is 0.111. The number of benzene rings is 2. The van der Waals surface area contributed by atoms with E-state index in [1.54, 1.807) is 24.3 Å². The van der Waals surface area contributed by atoms with Crippen LogP contribution >= 0.6 is 11.6 Å². The van der Waals surface area contributed by atoms with E-state index >= 15 is 0 Å². The fourth-order valence-electron chi connectivity index (χ4n) is 2.77. The number of halogens is 1. The SMILES string of the molecule is O=C(COc1cccc(Cl)c1)Nc1ccccc1-c1cn2ccccc2n1. The van der Waals surface area contributed by atoms with Crippen LogP contribution < -0.4 is 10.1 Å². The lowest BCUT2D eigenvalue weighted by atomic mass is 10.1. The van der Waals surface area contributed by atoms with E-state index in [0.29, 0.717) is 16.5 Å². The minimum atomic E-state index is -0.258. The molecule has 27 heavy (non-hydrogen) atoms. The highest BCUT2D eigenvalue weighted by molar-refractivity contribution is 6.30. The van der Waals surface area contributed by atoms with Crippen LogP contribution in [0.15, 0.2) is 79.1 Å². The topological polar surface area (TPSA) is 55.6 Å². The van der Waals surface area contributed by atoms with Crippen molar-refractivity contribution in [2.24, 2.45) is 0 Å². The van der Waals surface area contributed by atoms with Gasteiger partial charge in [0.25, 0.3) is 5.91 Å². The maximum absolute atomic E-state index is 12.3. The Kier molecular flexibility index (Phi) is 4.77. The van der Waals surface area contributed by atoms with Gasteiger partial charge in [0.05, 0.1) is 11.4 Å². The van der Waals surface area contributed by atoms with Gasteiger partial charge in [0.2, 0.25) is 0 Å². The number of fused-ring (bicyclic) bond motifs is 1. The quantitative estimate of drug-likeness (QED) is 0.549. The molecule has 0 aliphatic heterocycles. The molecule has 5 nitrogen and oxygen atoms in total. The largest absolute Gasteiger partial charge is 0.484 e. The van der Waals surface area contributed by atoms with Crippen molar-refractivity contribution in [1.29, 1.82) is 0 Å². The molecule has 0 bridgehead atoms. The summed E-state index contributed by atoms with van der Waals surface area (Å²) in [4.78, 5) is 17.0. The third kappa shape index (κ3) is 3.93. The summed E-state index contributed by atoms with van der Waals surface area (Å²) in [5, 5.41) is 3.45. The zero-order valence-electron chi connectivity index (χ0n) is 14.3. The Bertz CT molecular complexity index is 1070. The van der Waals surface area contributed by atoms with Gasteiger partial charge in [-0.05, 0) is 36.4 Å². The van der Waals surface area contributed by atoms with E-state index in [0.717, 1.165) is 16.9 Å². The average Bonchev–Trinajstić information content (AvgIpc) is 3.11. The summed E-state index contributed by atoms with van der Waals surface area (Å²) in [5.74, 6) is 0.289. The van der Waals surface area contributed by atoms with Crippen LogP contribution in [0.5, 0.6) is 5.75 Å². The fourth-order valence-corrected chi connectivity index (χ4v) is 2.95. The molecule has 0 aliphatic carbocycles. The van der Waals surface area contributed by atoms with Gasteiger partial charge in [-0.3, -0.25) is 4.79 Å². The normalized spacial score (nSPS) is 10.7. The molecule has 1 amide bonds. The van der Waals surface area contributed by atoms with Crippen molar-refractivity contribution in [3.63, 3.8) is 0 Å². The Morgan fingerprint density at radius 2 is 1.93 bits per heavy atom. The number of pyridine rings is 1. The number of imidazole rings is 1. The molecule has 0 fully saturated rings. The molecule has 4 rings (SSSR count). The number of amides is 1. The van der Waals surface area contributed by atoms with E-state index < -0.39 is 0 Å². The molecule has 0 radical (unpaired) electrons. The molecule has 0 aliphatic rings. The van der Waals surface area contributed by atoms with Gasteiger partial charge in [0.15, 0.2) is 6.61 Å². The van der Waals surface area contributed by atoms with Gasteiger partial charge in [-0.1, -0.05) is 41.9 Å². The molecular weight excluding hydrogens is 362 g/mol. The highest BCUT2D eigenvalue weighted by atomic mass is 35.5. The van der Waals surface area contributed by atoms with Gasteiger partial charge in [-0.25, -0.2) is 4.98 Å². The van der Waals surface area contributed by atoms with Crippen LogP contribution in [0.25, 0.3) is 16.9 Å². The predicted octanol–water partition coefficient (Wildman–Crippen LogP) is 4.67. The Balaban J connectivity index is 1.51. The summed E-state index contributed by atoms with van der Waals surface area (Å²) in [5.41, 5.74) is 3.16. The van der Waals surface area contributed by atoms with Crippen LogP contribution in [0.4, 0.5) is 5.69 Å². The number of hydrogen-bond donors (Lipinski definition) is 1. The van der Waals surface area contributed by atoms with E-state index in [1.165, 1.54) is 0 Å². The van der Waals surface area contributed by atoms with E-state index in [1.807, 2.05) is 59.3 Å². The summed E-state index contributed by atoms with van der Waals surface area (Å²) in [6, 6.07) is 20.3. The van der Waals surface area contributed by atoms with Gasteiger partial charge in [-0.15, -0.1) is 0 Å². The second kappa shape index (κ2) is 7.51. The molecule has 6 heteroatoms. The molecule has 0 saturated heterocycles. The van der Waals surface area contributed by atoms with Crippen molar-refractivity contribution in [2.45, 2.75) is 0 Å². The van der Waals surface area contributed by atoms with E-state index in [9.17, 15) is 4.79 Å². The van der Waals surface area contributed by atoms with Crippen LogP contribution in [-0.4, -0.2) is 21.9 Å². The maximum atomic E-state index is 12.3. The number of carbonyl (C=O) groups is 1. The lowest BCUT2D eigenvalue weighted by Crippen LogP contribution is -2.20. The lowest BCUT2D eigenvalue weighted by molar-refractivity contribution is -0.118. The van der Waals surface area contributed by atoms with Crippen molar-refractivity contribution in [3.05, 3.63) is 84.1 Å². The molecular formula is C21H16ClN3O2. The first kappa shape index (κ1) is 17.1. The molecule has 0 spiro atoms. The number of nitrogens with zero attached hydrogens (tertiary/aromatic N) is 2. The second-order valence-corrected chi connectivity index (χ2v) is 6.37. The van der Waals surface area contributed by atoms with Crippen LogP contribution in [-0.2, 0) is 4.79 Å². The van der Waals surface area contributed by atoms with Crippen molar-refractivity contribution < 1.29 is 9.53 Å². The van der Waals surface area contributed by atoms with E-state index in [4.69, 9.17) is 16.3 Å². The zero-order valence-corrected chi connectivity index (χ0v) is 15.1. The first-order chi connectivity index (χ1) is 13.2. The van der Waals surface area contributed by atoms with Gasteiger partial charge in [0.1, 0.15) is 11.4 Å². The Hall–Kier alpha value is -3.31. The Morgan fingerprint density at radius 3 is 2.78 bits per heavy atom. The third-order valence-corrected chi connectivity index (χ3v) is 4.24. The van der Waals surface area contributed by atoms with Crippen molar-refractivity contribution in [3.8, 4) is 17.0 Å². The third-order valence-electron chi connectivity index (χ3n) is 4.01. The van der Waals surface area contributed by atoms with Crippen molar-refractivity contribution in [1.82, 2.24) is 9.38 Å². The molecule has 0 unspecified atom stereocenters. The van der Waals surface area contributed by atoms with Crippen LogP contribution in [0, 0.1) is 0 Å². The number of anilines is 1. The molecule has 134 valence electrons. The minimum Gasteiger partial charge on any atom is -0.484 e. The number of para-hydroxylation sites is 1. The molecule has 2 aromatic carbocycles. The maximum Gasteiger partial charge on any atom is 0.262 e. The second-order valence-electron chi connectivity index (χ2n) is 5.93. The number of ether oxygens (including phenoxy) is 1. The highest BCUT2D eigenvalue weighted by Gasteiger charge is 2.12. The summed E-state index contributed by atoms with van der Waals surface area (Å²) < 4.78 is 7.44. The summed E-state index contributed by atoms with van der Waals surface area (Å²) in [6.07, 6.45) is 3.87. The summed E-state index contributed by atoms with van der Waals surface area (Å²) >= 11 is 5.92. The molecule has 0 saturated carbocycles. The first-order valence-electron chi connectivity index (χ1n) is 8.40. The fraction of sp³-hybridized carbons (Fsp3) is 0.0476. The lowest BCUT2D eigenvalue weighted by Gasteiger charge is -2.10. The van der Waals surface area contributed by atoms with E-state index in [-0.39, 0.29) is 12.5 Å². The predicted molar refractivity (Wildman–Crippen MR) is 106 cm³/mol. The molecule has 2 aromatic heterocycles. The monoisotopic (exact) mass is 377 g/mol. The summed E-state index contributed by atoms with van der Waals surface area (Å²) in [7, 11) is 0. The first-order valence-corrected chi connectivity index (χ1v) is 8.78. The van der Waals surface area contributed by atoms with Gasteiger partial charge < -0.3 is 14.5 Å². The van der Waals surface area contributed by atoms with Crippen molar-refractivity contribution in [2.75, 3.05) is 11.9 Å². The molecule has 2 heterocycles. The number of carbonyl (C=O) groups excluding carboxylic acids is 1. The van der Waals surface area contributed by atoms with Gasteiger partial charge in [0, 0.05) is 23.0 Å². The highest BCUT2D eigenvalue weighted by Crippen LogP contribution is 2.27. The smallest absolute Gasteiger partial charge is 0.262 e. The number of aromatic nitrogens is 2. The zero-order chi connectivity index (χ0) is 18.6. The van der Waals surface area contributed by atoms with Gasteiger partial charge in [-0.2, -0.15) is 0 Å². The van der Waals surface area contributed by atoms with Crippen LogP contribution in [0.2, 0.25) is 5.02 Å². The number of hydrogen-bond acceptors (Lipinski definition) is 3. The Labute approximate surface area is 161 Å². The number of nitrogens with one attached hydrogen (secondary N) is 1. The number of rotatable bonds is 5. The molecule has 1 N–H and O–H groups in total.